The summed E-state index contributed by atoms with van der Waals surface area (Å²) in [5.41, 5.74) is 7.02. The number of fused-ring (bicyclic) bond motifs is 1. The zero-order valence-electron chi connectivity index (χ0n) is 10.1. The van der Waals surface area contributed by atoms with Gasteiger partial charge in [0.1, 0.15) is 0 Å². The minimum Gasteiger partial charge on any atom is -0.350 e. The number of carbonyl (C=O) groups excluding carboxylic acids is 1. The van der Waals surface area contributed by atoms with Gasteiger partial charge in [0.25, 0.3) is 0 Å². The lowest BCUT2D eigenvalue weighted by Gasteiger charge is -2.22. The number of carbonyl (C=O) groups is 1. The number of hydrogen-bond donors (Lipinski definition) is 1. The lowest BCUT2D eigenvalue weighted by atomic mass is 10.2. The topological polar surface area (TPSA) is 64.2 Å². The molecule has 19 heavy (non-hydrogen) atoms. The normalized spacial score (nSPS) is 10.5. The summed E-state index contributed by atoms with van der Waals surface area (Å²) in [6.07, 6.45) is 5.05. The summed E-state index contributed by atoms with van der Waals surface area (Å²) in [4.78, 5) is 15.8. The van der Waals surface area contributed by atoms with Crippen LogP contribution >= 0.6 is 0 Å². The zero-order valence-corrected chi connectivity index (χ0v) is 10.1. The number of benzene rings is 1. The fourth-order valence-corrected chi connectivity index (χ4v) is 2.08. The number of para-hydroxylation sites is 1. The second kappa shape index (κ2) is 4.45. The minimum absolute atomic E-state index is 0.561. The minimum atomic E-state index is -0.561. The summed E-state index contributed by atoms with van der Waals surface area (Å²) < 4.78 is 1.72. The van der Waals surface area contributed by atoms with Gasteiger partial charge in [-0.2, -0.15) is 5.01 Å². The highest BCUT2D eigenvalue weighted by atomic mass is 16.2. The van der Waals surface area contributed by atoms with E-state index < -0.39 is 6.03 Å². The smallest absolute Gasteiger partial charge is 0.338 e. The number of hydrogen-bond acceptors (Lipinski definition) is 2. The number of urea groups is 1. The number of amides is 2. The Hall–Kier alpha value is -2.82. The van der Waals surface area contributed by atoms with Crippen molar-refractivity contribution < 1.29 is 4.79 Å². The van der Waals surface area contributed by atoms with Crippen LogP contribution in [-0.4, -0.2) is 15.7 Å². The van der Waals surface area contributed by atoms with E-state index in [0.29, 0.717) is 5.69 Å². The van der Waals surface area contributed by atoms with Crippen LogP contribution in [0.2, 0.25) is 0 Å². The highest BCUT2D eigenvalue weighted by Crippen LogP contribution is 2.20. The molecular weight excluding hydrogens is 240 g/mol. The predicted octanol–water partition coefficient (Wildman–Crippen LogP) is 2.38. The highest BCUT2D eigenvalue weighted by molar-refractivity contribution is 5.93. The van der Waals surface area contributed by atoms with E-state index in [9.17, 15) is 4.79 Å². The molecule has 0 spiro atoms. The number of rotatable bonds is 2. The first-order valence-electron chi connectivity index (χ1n) is 5.83. The third kappa shape index (κ3) is 1.91. The van der Waals surface area contributed by atoms with Gasteiger partial charge in [0, 0.05) is 17.8 Å². The molecule has 2 heterocycles. The van der Waals surface area contributed by atoms with E-state index in [1.807, 2.05) is 36.5 Å². The Morgan fingerprint density at radius 1 is 1.16 bits per heavy atom. The monoisotopic (exact) mass is 252 g/mol. The van der Waals surface area contributed by atoms with Crippen LogP contribution in [0.5, 0.6) is 0 Å². The van der Waals surface area contributed by atoms with Crippen molar-refractivity contribution in [2.75, 3.05) is 5.01 Å². The van der Waals surface area contributed by atoms with Gasteiger partial charge in [0.2, 0.25) is 0 Å². The molecule has 0 aliphatic rings. The maximum absolute atomic E-state index is 11.7. The molecule has 0 atom stereocenters. The Labute approximate surface area is 109 Å². The molecule has 3 aromatic rings. The zero-order chi connectivity index (χ0) is 13.2. The lowest BCUT2D eigenvalue weighted by molar-refractivity contribution is 0.252. The second-order valence-corrected chi connectivity index (χ2v) is 4.08. The molecule has 2 N–H and O–H groups in total. The summed E-state index contributed by atoms with van der Waals surface area (Å²) in [5.74, 6) is 0. The van der Waals surface area contributed by atoms with Crippen LogP contribution in [-0.2, 0) is 0 Å². The first-order valence-corrected chi connectivity index (χ1v) is 5.83. The van der Waals surface area contributed by atoms with Crippen molar-refractivity contribution in [2.45, 2.75) is 0 Å². The quantitative estimate of drug-likeness (QED) is 0.761. The molecule has 0 aliphatic heterocycles. The Balaban J connectivity index is 2.18. The van der Waals surface area contributed by atoms with Crippen molar-refractivity contribution in [3.63, 3.8) is 0 Å². The van der Waals surface area contributed by atoms with Crippen LogP contribution in [0.15, 0.2) is 61.1 Å². The predicted molar refractivity (Wildman–Crippen MR) is 73.6 cm³/mol. The molecule has 0 bridgehead atoms. The average Bonchev–Trinajstić information content (AvgIpc) is 2.84. The highest BCUT2D eigenvalue weighted by Gasteiger charge is 2.16. The number of aromatic nitrogens is 2. The molecule has 2 aromatic heterocycles. The van der Waals surface area contributed by atoms with E-state index >= 15 is 0 Å². The Bertz CT molecular complexity index is 720. The van der Waals surface area contributed by atoms with Crippen molar-refractivity contribution in [1.29, 1.82) is 0 Å². The molecule has 5 heteroatoms. The maximum atomic E-state index is 11.7. The average molecular weight is 252 g/mol. The third-order valence-corrected chi connectivity index (χ3v) is 2.89. The number of pyridine rings is 1. The first kappa shape index (κ1) is 11.3. The van der Waals surface area contributed by atoms with Crippen LogP contribution < -0.4 is 10.7 Å². The van der Waals surface area contributed by atoms with Crippen molar-refractivity contribution in [2.24, 2.45) is 5.73 Å². The summed E-state index contributed by atoms with van der Waals surface area (Å²) in [7, 11) is 0. The van der Waals surface area contributed by atoms with E-state index in [4.69, 9.17) is 5.73 Å². The number of nitrogens with two attached hydrogens (primary N) is 1. The van der Waals surface area contributed by atoms with Crippen molar-refractivity contribution >= 4 is 22.6 Å². The lowest BCUT2D eigenvalue weighted by Crippen LogP contribution is -2.39. The second-order valence-electron chi connectivity index (χ2n) is 4.08. The van der Waals surface area contributed by atoms with Crippen molar-refractivity contribution in [1.82, 2.24) is 9.66 Å². The van der Waals surface area contributed by atoms with E-state index in [1.54, 1.807) is 29.2 Å². The molecule has 2 amide bonds. The number of anilines is 1. The van der Waals surface area contributed by atoms with Gasteiger partial charge in [-0.05, 0) is 24.3 Å². The summed E-state index contributed by atoms with van der Waals surface area (Å²) in [6, 6.07) is 12.7. The fraction of sp³-hybridized carbons (Fsp3) is 0. The Morgan fingerprint density at radius 3 is 2.74 bits per heavy atom. The summed E-state index contributed by atoms with van der Waals surface area (Å²) in [6.45, 7) is 0. The van der Waals surface area contributed by atoms with Crippen LogP contribution in [0.4, 0.5) is 10.5 Å². The van der Waals surface area contributed by atoms with Gasteiger partial charge in [-0.3, -0.25) is 9.66 Å². The molecule has 0 saturated carbocycles. The number of primary amides is 1. The van der Waals surface area contributed by atoms with E-state index in [0.717, 1.165) is 10.9 Å². The van der Waals surface area contributed by atoms with Gasteiger partial charge in [-0.1, -0.05) is 18.2 Å². The molecule has 3 rings (SSSR count). The summed E-state index contributed by atoms with van der Waals surface area (Å²) >= 11 is 0. The molecule has 5 nitrogen and oxygen atoms in total. The molecule has 0 aliphatic carbocycles. The summed E-state index contributed by atoms with van der Waals surface area (Å²) in [5, 5.41) is 2.42. The molecule has 0 radical (unpaired) electrons. The molecular formula is C14H12N4O. The van der Waals surface area contributed by atoms with Crippen LogP contribution in [0.3, 0.4) is 0 Å². The van der Waals surface area contributed by atoms with E-state index in [-0.39, 0.29) is 0 Å². The standard InChI is InChI=1S/C14H12N4O/c15-14(19)18(12-5-3-8-16-10-12)17-9-7-11-4-1-2-6-13(11)17/h1-10H,(H2,15,19). The molecule has 0 fully saturated rings. The van der Waals surface area contributed by atoms with Gasteiger partial charge in [-0.15, -0.1) is 0 Å². The van der Waals surface area contributed by atoms with Gasteiger partial charge in [0.15, 0.2) is 0 Å². The first-order chi connectivity index (χ1) is 9.27. The Morgan fingerprint density at radius 2 is 2.00 bits per heavy atom. The number of nitrogens with zero attached hydrogens (tertiary/aromatic N) is 3. The van der Waals surface area contributed by atoms with Gasteiger partial charge >= 0.3 is 6.03 Å². The van der Waals surface area contributed by atoms with Crippen molar-refractivity contribution in [3.05, 3.63) is 61.1 Å². The van der Waals surface area contributed by atoms with Crippen LogP contribution in [0, 0.1) is 0 Å². The molecule has 94 valence electrons. The van der Waals surface area contributed by atoms with Gasteiger partial charge < -0.3 is 5.73 Å². The SMILES string of the molecule is NC(=O)N(c1cccnc1)n1ccc2ccccc21. The molecule has 1 aromatic carbocycles. The van der Waals surface area contributed by atoms with Gasteiger partial charge in [0.05, 0.1) is 17.4 Å². The fourth-order valence-electron chi connectivity index (χ4n) is 2.08. The molecule has 0 saturated heterocycles. The Kier molecular flexibility index (Phi) is 2.64. The maximum Gasteiger partial charge on any atom is 0.338 e. The van der Waals surface area contributed by atoms with Crippen LogP contribution in [0.25, 0.3) is 10.9 Å². The third-order valence-electron chi connectivity index (χ3n) is 2.89. The van der Waals surface area contributed by atoms with E-state index in [2.05, 4.69) is 4.98 Å². The van der Waals surface area contributed by atoms with E-state index in [1.165, 1.54) is 5.01 Å². The van der Waals surface area contributed by atoms with Crippen molar-refractivity contribution in [3.8, 4) is 0 Å². The largest absolute Gasteiger partial charge is 0.350 e. The molecule has 0 unspecified atom stereocenters. The van der Waals surface area contributed by atoms with Crippen LogP contribution in [0.1, 0.15) is 0 Å². The van der Waals surface area contributed by atoms with Gasteiger partial charge in [-0.25, -0.2) is 4.79 Å².